The second kappa shape index (κ2) is 7.84. The van der Waals surface area contributed by atoms with Crippen LogP contribution in [-0.4, -0.2) is 29.6 Å². The highest BCUT2D eigenvalue weighted by atomic mass is 35.5. The Hall–Kier alpha value is -1.53. The molecule has 1 heterocycles. The van der Waals surface area contributed by atoms with Crippen LogP contribution in [0.4, 0.5) is 4.39 Å². The molecule has 2 aromatic rings. The van der Waals surface area contributed by atoms with Crippen LogP contribution in [0.5, 0.6) is 0 Å². The molecule has 4 nitrogen and oxygen atoms in total. The van der Waals surface area contributed by atoms with Gasteiger partial charge >= 0.3 is 0 Å². The van der Waals surface area contributed by atoms with Gasteiger partial charge in [-0.1, -0.05) is 35.3 Å². The third kappa shape index (κ3) is 3.87. The summed E-state index contributed by atoms with van der Waals surface area (Å²) in [6, 6.07) is 8.09. The van der Waals surface area contributed by atoms with Crippen molar-refractivity contribution in [2.75, 3.05) is 13.7 Å². The first kappa shape index (κ1) is 20.2. The lowest BCUT2D eigenvalue weighted by atomic mass is 9.72. The summed E-state index contributed by atoms with van der Waals surface area (Å²) in [4.78, 5) is 17.0. The SMILES string of the molecule is COCC1(O)CCC(F)(C(=O)CCc2ccc(Cl)cc2Cl)c2cccnc21. The standard InChI is InChI=1S/C20H20Cl2FNO3/c1-27-12-19(26)8-9-20(23,15-3-2-10-24-18(15)19)17(25)7-5-13-4-6-14(21)11-16(13)22/h2-4,6,10-11,26H,5,7-9,12H2,1H3. The Labute approximate surface area is 167 Å². The minimum Gasteiger partial charge on any atom is -0.381 e. The topological polar surface area (TPSA) is 59.4 Å². The number of aromatic nitrogens is 1. The predicted octanol–water partition coefficient (Wildman–Crippen LogP) is 4.38. The lowest BCUT2D eigenvalue weighted by Gasteiger charge is -2.39. The molecule has 0 saturated carbocycles. The molecule has 1 aromatic carbocycles. The molecule has 7 heteroatoms. The highest BCUT2D eigenvalue weighted by Crippen LogP contribution is 2.46. The van der Waals surface area contributed by atoms with Crippen molar-refractivity contribution in [2.45, 2.75) is 37.0 Å². The number of Topliss-reactive ketones (excluding diaryl/α,β-unsaturated/α-hetero) is 1. The van der Waals surface area contributed by atoms with E-state index in [1.165, 1.54) is 19.4 Å². The molecule has 0 spiro atoms. The summed E-state index contributed by atoms with van der Waals surface area (Å²) >= 11 is 12.0. The number of ether oxygens (including phenoxy) is 1. The van der Waals surface area contributed by atoms with Crippen LogP contribution in [0.2, 0.25) is 10.0 Å². The van der Waals surface area contributed by atoms with Crippen molar-refractivity contribution in [1.29, 1.82) is 0 Å². The van der Waals surface area contributed by atoms with E-state index in [9.17, 15) is 9.90 Å². The van der Waals surface area contributed by atoms with Gasteiger partial charge in [-0.25, -0.2) is 4.39 Å². The molecule has 1 aliphatic carbocycles. The van der Waals surface area contributed by atoms with Gasteiger partial charge in [-0.05, 0) is 43.0 Å². The van der Waals surface area contributed by atoms with Gasteiger partial charge in [0.2, 0.25) is 0 Å². The molecule has 27 heavy (non-hydrogen) atoms. The fraction of sp³-hybridized carbons (Fsp3) is 0.400. The van der Waals surface area contributed by atoms with Crippen LogP contribution in [0.15, 0.2) is 36.5 Å². The maximum Gasteiger partial charge on any atom is 0.195 e. The van der Waals surface area contributed by atoms with Crippen LogP contribution in [0.3, 0.4) is 0 Å². The minimum absolute atomic E-state index is 0.0122. The molecule has 2 unspecified atom stereocenters. The highest BCUT2D eigenvalue weighted by molar-refractivity contribution is 6.35. The summed E-state index contributed by atoms with van der Waals surface area (Å²) < 4.78 is 20.9. The summed E-state index contributed by atoms with van der Waals surface area (Å²) in [7, 11) is 1.46. The zero-order chi connectivity index (χ0) is 19.7. The van der Waals surface area contributed by atoms with E-state index < -0.39 is 17.1 Å². The van der Waals surface area contributed by atoms with E-state index in [1.54, 1.807) is 24.3 Å². The molecule has 1 aromatic heterocycles. The molecule has 0 saturated heterocycles. The number of methoxy groups -OCH3 is 1. The van der Waals surface area contributed by atoms with E-state index in [0.29, 0.717) is 16.5 Å². The molecule has 0 radical (unpaired) electrons. The molecule has 2 atom stereocenters. The number of fused-ring (bicyclic) bond motifs is 1. The largest absolute Gasteiger partial charge is 0.381 e. The fourth-order valence-electron chi connectivity index (χ4n) is 3.57. The molecule has 0 fully saturated rings. The molecule has 0 amide bonds. The van der Waals surface area contributed by atoms with Crippen LogP contribution in [-0.2, 0) is 27.2 Å². The minimum atomic E-state index is -2.19. The number of pyridine rings is 1. The summed E-state index contributed by atoms with van der Waals surface area (Å²) in [6.07, 6.45) is 1.68. The van der Waals surface area contributed by atoms with Gasteiger partial charge in [0.25, 0.3) is 0 Å². The second-order valence-corrected chi connectivity index (χ2v) is 7.67. The molecule has 0 aliphatic heterocycles. The van der Waals surface area contributed by atoms with Crippen molar-refractivity contribution in [2.24, 2.45) is 0 Å². The average molecular weight is 412 g/mol. The van der Waals surface area contributed by atoms with Crippen molar-refractivity contribution >= 4 is 29.0 Å². The number of halogens is 3. The van der Waals surface area contributed by atoms with Gasteiger partial charge in [0.05, 0.1) is 12.3 Å². The molecular weight excluding hydrogens is 392 g/mol. The Kier molecular flexibility index (Phi) is 5.87. The molecule has 144 valence electrons. The molecule has 3 rings (SSSR count). The van der Waals surface area contributed by atoms with Gasteiger partial charge in [-0.2, -0.15) is 0 Å². The van der Waals surface area contributed by atoms with Crippen molar-refractivity contribution in [3.8, 4) is 0 Å². The number of hydrogen-bond acceptors (Lipinski definition) is 4. The molecule has 1 aliphatic rings. The normalized spacial score (nSPS) is 24.5. The number of ketones is 1. The van der Waals surface area contributed by atoms with Gasteiger partial charge in [0, 0.05) is 35.3 Å². The van der Waals surface area contributed by atoms with Crippen LogP contribution < -0.4 is 0 Å². The number of aliphatic hydroxyl groups is 1. The zero-order valence-corrected chi connectivity index (χ0v) is 16.4. The monoisotopic (exact) mass is 411 g/mol. The van der Waals surface area contributed by atoms with Crippen LogP contribution in [0.1, 0.15) is 36.1 Å². The smallest absolute Gasteiger partial charge is 0.195 e. The fourth-order valence-corrected chi connectivity index (χ4v) is 4.07. The van der Waals surface area contributed by atoms with Crippen LogP contribution >= 0.6 is 23.2 Å². The summed E-state index contributed by atoms with van der Waals surface area (Å²) in [6.45, 7) is -0.0122. The predicted molar refractivity (Wildman–Crippen MR) is 102 cm³/mol. The lowest BCUT2D eigenvalue weighted by molar-refractivity contribution is -0.136. The molecule has 0 bridgehead atoms. The number of alkyl halides is 1. The van der Waals surface area contributed by atoms with Gasteiger partial charge < -0.3 is 9.84 Å². The van der Waals surface area contributed by atoms with Gasteiger partial charge in [-0.15, -0.1) is 0 Å². The number of carbonyl (C=O) groups excluding carboxylic acids is 1. The van der Waals surface area contributed by atoms with Crippen molar-refractivity contribution in [3.05, 3.63) is 63.4 Å². The van der Waals surface area contributed by atoms with Crippen molar-refractivity contribution in [1.82, 2.24) is 4.98 Å². The quantitative estimate of drug-likeness (QED) is 0.765. The molecular formula is C20H20Cl2FNO3. The molecule has 1 N–H and O–H groups in total. The van der Waals surface area contributed by atoms with E-state index in [0.717, 1.165) is 5.56 Å². The Bertz CT molecular complexity index is 863. The number of nitrogens with zero attached hydrogens (tertiary/aromatic N) is 1. The van der Waals surface area contributed by atoms with E-state index >= 15 is 4.39 Å². The Balaban J connectivity index is 1.85. The first-order chi connectivity index (χ1) is 12.8. The highest BCUT2D eigenvalue weighted by Gasteiger charge is 2.51. The summed E-state index contributed by atoms with van der Waals surface area (Å²) in [5, 5.41) is 11.8. The van der Waals surface area contributed by atoms with Gasteiger partial charge in [-0.3, -0.25) is 9.78 Å². The number of hydrogen-bond donors (Lipinski definition) is 1. The van der Waals surface area contributed by atoms with Crippen LogP contribution in [0, 0.1) is 0 Å². The Morgan fingerprint density at radius 3 is 2.81 bits per heavy atom. The second-order valence-electron chi connectivity index (χ2n) is 6.82. The average Bonchev–Trinajstić information content (AvgIpc) is 2.65. The van der Waals surface area contributed by atoms with Crippen molar-refractivity contribution in [3.63, 3.8) is 0 Å². The third-order valence-corrected chi connectivity index (χ3v) is 5.61. The number of rotatable bonds is 6. The first-order valence-corrected chi connectivity index (χ1v) is 9.39. The third-order valence-electron chi connectivity index (χ3n) is 5.02. The van der Waals surface area contributed by atoms with E-state index in [2.05, 4.69) is 4.98 Å². The lowest BCUT2D eigenvalue weighted by Crippen LogP contribution is -2.45. The number of carbonyl (C=O) groups is 1. The van der Waals surface area contributed by atoms with E-state index in [1.807, 2.05) is 0 Å². The summed E-state index contributed by atoms with van der Waals surface area (Å²) in [5.74, 6) is -0.553. The van der Waals surface area contributed by atoms with Gasteiger partial charge in [0.1, 0.15) is 5.60 Å². The van der Waals surface area contributed by atoms with E-state index in [4.69, 9.17) is 27.9 Å². The number of aryl methyl sites for hydroxylation is 1. The maximum atomic E-state index is 15.8. The van der Waals surface area contributed by atoms with Crippen LogP contribution in [0.25, 0.3) is 0 Å². The Morgan fingerprint density at radius 1 is 1.33 bits per heavy atom. The van der Waals surface area contributed by atoms with E-state index in [-0.39, 0.29) is 37.1 Å². The zero-order valence-electron chi connectivity index (χ0n) is 14.8. The maximum absolute atomic E-state index is 15.8. The first-order valence-electron chi connectivity index (χ1n) is 8.63. The number of benzene rings is 1. The summed E-state index contributed by atoms with van der Waals surface area (Å²) in [5.41, 5.74) is -2.58. The Morgan fingerprint density at radius 2 is 2.11 bits per heavy atom. The van der Waals surface area contributed by atoms with Gasteiger partial charge in [0.15, 0.2) is 11.5 Å². The van der Waals surface area contributed by atoms with Crippen molar-refractivity contribution < 1.29 is 19.0 Å².